The number of hydrogen-bond donors (Lipinski definition) is 4. The number of aliphatic hydroxyl groups excluding tert-OH is 1. The van der Waals surface area contributed by atoms with Crippen LogP contribution in [0.15, 0.2) is 30.3 Å². The Labute approximate surface area is 130 Å². The van der Waals surface area contributed by atoms with Crippen molar-refractivity contribution in [3.8, 4) is 0 Å². The molecule has 0 bridgehead atoms. The molecule has 4 N–H and O–H groups in total. The van der Waals surface area contributed by atoms with Crippen LogP contribution in [-0.2, 0) is 4.79 Å². The average molecular weight is 308 g/mol. The zero-order valence-corrected chi connectivity index (χ0v) is 12.8. The molecule has 0 aromatic heterocycles. The molecule has 1 aromatic rings. The molecule has 122 valence electrons. The lowest BCUT2D eigenvalue weighted by Crippen LogP contribution is -2.38. The summed E-state index contributed by atoms with van der Waals surface area (Å²) in [5, 5.41) is 23.5. The highest BCUT2D eigenvalue weighted by atomic mass is 16.4. The van der Waals surface area contributed by atoms with Crippen molar-refractivity contribution in [1.29, 1.82) is 0 Å². The van der Waals surface area contributed by atoms with Crippen LogP contribution < -0.4 is 10.6 Å². The third-order valence-electron chi connectivity index (χ3n) is 3.26. The van der Waals surface area contributed by atoms with Crippen LogP contribution in [-0.4, -0.2) is 41.4 Å². The maximum atomic E-state index is 11.7. The number of carbonyl (C=O) groups excluding carboxylic acids is 1. The number of urea groups is 1. The summed E-state index contributed by atoms with van der Waals surface area (Å²) >= 11 is 0. The van der Waals surface area contributed by atoms with Gasteiger partial charge in [0.1, 0.15) is 0 Å². The van der Waals surface area contributed by atoms with Crippen LogP contribution in [0.2, 0.25) is 0 Å². The number of carboxylic acid groups (broad SMARTS) is 1. The van der Waals surface area contributed by atoms with Gasteiger partial charge >= 0.3 is 12.0 Å². The molecule has 2 atom stereocenters. The zero-order valence-electron chi connectivity index (χ0n) is 12.8. The minimum atomic E-state index is -0.872. The van der Waals surface area contributed by atoms with Crippen molar-refractivity contribution in [3.05, 3.63) is 35.9 Å². The van der Waals surface area contributed by atoms with Gasteiger partial charge in [-0.15, -0.1) is 0 Å². The summed E-state index contributed by atoms with van der Waals surface area (Å²) in [6, 6.07) is 9.40. The topological polar surface area (TPSA) is 98.7 Å². The SMILES string of the molecule is CC(O)CC(CNC(=O)NCCCC(=O)O)c1ccccc1. The van der Waals surface area contributed by atoms with E-state index in [1.807, 2.05) is 30.3 Å². The number of nitrogens with one attached hydrogen (secondary N) is 2. The summed E-state index contributed by atoms with van der Waals surface area (Å²) in [5.74, 6) is -0.839. The van der Waals surface area contributed by atoms with Crippen molar-refractivity contribution in [3.63, 3.8) is 0 Å². The molecule has 0 fully saturated rings. The molecule has 2 amide bonds. The highest BCUT2D eigenvalue weighted by molar-refractivity contribution is 5.74. The molecule has 0 radical (unpaired) electrons. The summed E-state index contributed by atoms with van der Waals surface area (Å²) in [5.41, 5.74) is 1.06. The maximum absolute atomic E-state index is 11.7. The Kier molecular flexibility index (Phi) is 7.99. The molecule has 0 saturated heterocycles. The quantitative estimate of drug-likeness (QED) is 0.522. The molecule has 22 heavy (non-hydrogen) atoms. The summed E-state index contributed by atoms with van der Waals surface area (Å²) in [4.78, 5) is 22.0. The fourth-order valence-electron chi connectivity index (χ4n) is 2.19. The molecule has 1 rings (SSSR count). The molecule has 6 heteroatoms. The monoisotopic (exact) mass is 308 g/mol. The lowest BCUT2D eigenvalue weighted by atomic mass is 9.93. The Hall–Kier alpha value is -2.08. The fourth-order valence-corrected chi connectivity index (χ4v) is 2.19. The molecule has 0 aliphatic carbocycles. The van der Waals surface area contributed by atoms with Gasteiger partial charge in [0, 0.05) is 25.4 Å². The van der Waals surface area contributed by atoms with Crippen LogP contribution >= 0.6 is 0 Å². The molecule has 0 heterocycles. The predicted molar refractivity (Wildman–Crippen MR) is 83.8 cm³/mol. The average Bonchev–Trinajstić information content (AvgIpc) is 2.48. The first-order chi connectivity index (χ1) is 10.5. The van der Waals surface area contributed by atoms with Gasteiger partial charge < -0.3 is 20.8 Å². The van der Waals surface area contributed by atoms with Gasteiger partial charge in [0.25, 0.3) is 0 Å². The Bertz CT molecular complexity index is 462. The van der Waals surface area contributed by atoms with Crippen molar-refractivity contribution < 1.29 is 19.8 Å². The van der Waals surface area contributed by atoms with E-state index in [1.54, 1.807) is 6.92 Å². The van der Waals surface area contributed by atoms with Crippen LogP contribution in [0.25, 0.3) is 0 Å². The van der Waals surface area contributed by atoms with Crippen LogP contribution in [0.1, 0.15) is 37.7 Å². The van der Waals surface area contributed by atoms with Gasteiger partial charge in [-0.1, -0.05) is 30.3 Å². The fraction of sp³-hybridized carbons (Fsp3) is 0.500. The van der Waals surface area contributed by atoms with E-state index in [2.05, 4.69) is 10.6 Å². The van der Waals surface area contributed by atoms with Crippen LogP contribution in [0.4, 0.5) is 4.79 Å². The Morgan fingerprint density at radius 3 is 2.45 bits per heavy atom. The van der Waals surface area contributed by atoms with E-state index in [0.29, 0.717) is 25.9 Å². The summed E-state index contributed by atoms with van der Waals surface area (Å²) in [6.07, 6.45) is 0.544. The number of aliphatic carboxylic acids is 1. The minimum Gasteiger partial charge on any atom is -0.481 e. The number of benzene rings is 1. The summed E-state index contributed by atoms with van der Waals surface area (Å²) in [6.45, 7) is 2.46. The van der Waals surface area contributed by atoms with Gasteiger partial charge in [-0.05, 0) is 25.3 Å². The standard InChI is InChI=1S/C16H24N2O4/c1-12(19)10-14(13-6-3-2-4-7-13)11-18-16(22)17-9-5-8-15(20)21/h2-4,6-7,12,14,19H,5,8-11H2,1H3,(H,20,21)(H2,17,18,22). The summed E-state index contributed by atoms with van der Waals surface area (Å²) in [7, 11) is 0. The summed E-state index contributed by atoms with van der Waals surface area (Å²) < 4.78 is 0. The van der Waals surface area contributed by atoms with E-state index in [1.165, 1.54) is 0 Å². The van der Waals surface area contributed by atoms with Gasteiger partial charge in [0.05, 0.1) is 6.10 Å². The van der Waals surface area contributed by atoms with Crippen LogP contribution in [0, 0.1) is 0 Å². The molecule has 0 aliphatic heterocycles. The van der Waals surface area contributed by atoms with E-state index >= 15 is 0 Å². The molecule has 2 unspecified atom stereocenters. The van der Waals surface area contributed by atoms with E-state index < -0.39 is 12.1 Å². The molecular formula is C16H24N2O4. The van der Waals surface area contributed by atoms with Gasteiger partial charge in [-0.25, -0.2) is 4.79 Å². The first-order valence-electron chi connectivity index (χ1n) is 7.45. The van der Waals surface area contributed by atoms with Crippen LogP contribution in [0.5, 0.6) is 0 Å². The van der Waals surface area contributed by atoms with Crippen molar-refractivity contribution in [2.75, 3.05) is 13.1 Å². The minimum absolute atomic E-state index is 0.0333. The van der Waals surface area contributed by atoms with Crippen molar-refractivity contribution in [2.45, 2.75) is 38.2 Å². The number of hydrogen-bond acceptors (Lipinski definition) is 3. The van der Waals surface area contributed by atoms with Gasteiger partial charge in [-0.3, -0.25) is 4.79 Å². The highest BCUT2D eigenvalue weighted by Gasteiger charge is 2.15. The van der Waals surface area contributed by atoms with Crippen molar-refractivity contribution in [1.82, 2.24) is 10.6 Å². The van der Waals surface area contributed by atoms with Gasteiger partial charge in [0.15, 0.2) is 0 Å². The number of carbonyl (C=O) groups is 2. The maximum Gasteiger partial charge on any atom is 0.314 e. The van der Waals surface area contributed by atoms with Crippen molar-refractivity contribution in [2.24, 2.45) is 0 Å². The second-order valence-electron chi connectivity index (χ2n) is 5.33. The molecule has 6 nitrogen and oxygen atoms in total. The molecule has 1 aromatic carbocycles. The van der Waals surface area contributed by atoms with Gasteiger partial charge in [0.2, 0.25) is 0 Å². The van der Waals surface area contributed by atoms with Crippen molar-refractivity contribution >= 4 is 12.0 Å². The van der Waals surface area contributed by atoms with E-state index in [4.69, 9.17) is 5.11 Å². The third-order valence-corrected chi connectivity index (χ3v) is 3.26. The van der Waals surface area contributed by atoms with E-state index in [-0.39, 0.29) is 18.4 Å². The second kappa shape index (κ2) is 9.78. The zero-order chi connectivity index (χ0) is 16.4. The predicted octanol–water partition coefficient (Wildman–Crippen LogP) is 1.71. The highest BCUT2D eigenvalue weighted by Crippen LogP contribution is 2.20. The Morgan fingerprint density at radius 2 is 1.86 bits per heavy atom. The molecule has 0 saturated carbocycles. The Balaban J connectivity index is 2.40. The Morgan fingerprint density at radius 1 is 1.18 bits per heavy atom. The van der Waals surface area contributed by atoms with E-state index in [0.717, 1.165) is 5.56 Å². The number of rotatable bonds is 9. The first kappa shape index (κ1) is 18.0. The first-order valence-corrected chi connectivity index (χ1v) is 7.45. The third kappa shape index (κ3) is 7.64. The second-order valence-corrected chi connectivity index (χ2v) is 5.33. The normalized spacial score (nSPS) is 13.2. The smallest absolute Gasteiger partial charge is 0.314 e. The molecular weight excluding hydrogens is 284 g/mol. The lowest BCUT2D eigenvalue weighted by molar-refractivity contribution is -0.137. The van der Waals surface area contributed by atoms with Crippen LogP contribution in [0.3, 0.4) is 0 Å². The molecule has 0 aliphatic rings. The van der Waals surface area contributed by atoms with Gasteiger partial charge in [-0.2, -0.15) is 0 Å². The number of amides is 2. The number of aliphatic hydroxyl groups is 1. The largest absolute Gasteiger partial charge is 0.481 e. The lowest BCUT2D eigenvalue weighted by Gasteiger charge is -2.19. The molecule has 0 spiro atoms. The number of carboxylic acids is 1. The van der Waals surface area contributed by atoms with E-state index in [9.17, 15) is 14.7 Å².